The van der Waals surface area contributed by atoms with Crippen LogP contribution in [-0.4, -0.2) is 21.2 Å². The summed E-state index contributed by atoms with van der Waals surface area (Å²) >= 11 is 0. The highest BCUT2D eigenvalue weighted by Gasteiger charge is 2.33. The molecular weight excluding hydrogens is 353 g/mol. The molecule has 0 radical (unpaired) electrons. The van der Waals surface area contributed by atoms with Crippen LogP contribution in [0.15, 0.2) is 34.1 Å². The second-order valence-electron chi connectivity index (χ2n) is 6.50. The van der Waals surface area contributed by atoms with E-state index in [0.29, 0.717) is 15.9 Å². The summed E-state index contributed by atoms with van der Waals surface area (Å²) in [7, 11) is 1.36. The number of pyridine rings is 2. The van der Waals surface area contributed by atoms with Crippen molar-refractivity contribution in [2.45, 2.75) is 25.3 Å². The van der Waals surface area contributed by atoms with Crippen molar-refractivity contribution in [3.63, 3.8) is 0 Å². The first kappa shape index (κ1) is 17.2. The highest BCUT2D eigenvalue weighted by molar-refractivity contribution is 5.81. The fraction of sp³-hybridized carbons (Fsp3) is 0.278. The molecule has 3 aromatic rings. The van der Waals surface area contributed by atoms with Crippen LogP contribution in [0.5, 0.6) is 5.75 Å². The van der Waals surface area contributed by atoms with Gasteiger partial charge in [-0.05, 0) is 36.5 Å². The van der Waals surface area contributed by atoms with E-state index in [1.54, 1.807) is 12.1 Å². The Balaban J connectivity index is 2.17. The summed E-state index contributed by atoms with van der Waals surface area (Å²) in [5.74, 6) is 4.94. The predicted octanol–water partition coefficient (Wildman–Crippen LogP) is 0.721. The van der Waals surface area contributed by atoms with Gasteiger partial charge in [-0.25, -0.2) is 9.18 Å². The molecule has 4 rings (SSSR count). The lowest BCUT2D eigenvalue weighted by Gasteiger charge is -2.17. The van der Waals surface area contributed by atoms with E-state index in [4.69, 9.17) is 16.3 Å². The molecular formula is C18H18FN5O3. The first-order valence-corrected chi connectivity index (χ1v) is 8.46. The van der Waals surface area contributed by atoms with E-state index in [9.17, 15) is 9.59 Å². The molecule has 0 aliphatic heterocycles. The summed E-state index contributed by atoms with van der Waals surface area (Å²) in [4.78, 5) is 29.3. The van der Waals surface area contributed by atoms with Gasteiger partial charge in [-0.3, -0.25) is 14.2 Å². The van der Waals surface area contributed by atoms with Gasteiger partial charge in [0.15, 0.2) is 11.6 Å². The molecule has 140 valence electrons. The van der Waals surface area contributed by atoms with E-state index in [-0.39, 0.29) is 29.3 Å². The molecule has 3 aromatic heterocycles. The lowest BCUT2D eigenvalue weighted by Crippen LogP contribution is -2.44. The van der Waals surface area contributed by atoms with E-state index in [1.165, 1.54) is 13.3 Å². The van der Waals surface area contributed by atoms with Crippen molar-refractivity contribution in [1.82, 2.24) is 14.1 Å². The normalized spacial score (nSPS) is 13.9. The van der Waals surface area contributed by atoms with Crippen LogP contribution < -0.4 is 27.6 Å². The molecule has 27 heavy (non-hydrogen) atoms. The number of nitrogens with zero attached hydrogens (tertiary/aromatic N) is 3. The fourth-order valence-electron chi connectivity index (χ4n) is 3.33. The zero-order chi connectivity index (χ0) is 19.3. The molecule has 0 saturated heterocycles. The minimum Gasteiger partial charge on any atom is -0.494 e. The average molecular weight is 371 g/mol. The van der Waals surface area contributed by atoms with E-state index in [0.717, 1.165) is 29.0 Å². The molecule has 0 unspecified atom stereocenters. The summed E-state index contributed by atoms with van der Waals surface area (Å²) < 4.78 is 22.0. The van der Waals surface area contributed by atoms with Gasteiger partial charge >= 0.3 is 5.69 Å². The number of hydrogen-bond donors (Lipinski definition) is 2. The second-order valence-corrected chi connectivity index (χ2v) is 6.50. The Morgan fingerprint density at radius 1 is 1.37 bits per heavy atom. The van der Waals surface area contributed by atoms with Gasteiger partial charge in [0, 0.05) is 12.7 Å². The van der Waals surface area contributed by atoms with Crippen LogP contribution in [0.3, 0.4) is 0 Å². The number of aromatic nitrogens is 3. The Kier molecular flexibility index (Phi) is 3.96. The monoisotopic (exact) mass is 371 g/mol. The van der Waals surface area contributed by atoms with Gasteiger partial charge in [0.2, 0.25) is 0 Å². The minimum absolute atomic E-state index is 0.0431. The van der Waals surface area contributed by atoms with Crippen LogP contribution in [0.4, 0.5) is 4.39 Å². The van der Waals surface area contributed by atoms with Crippen molar-refractivity contribution in [3.05, 3.63) is 62.3 Å². The topological polar surface area (TPSA) is 118 Å². The van der Waals surface area contributed by atoms with Crippen molar-refractivity contribution in [1.29, 1.82) is 0 Å². The minimum atomic E-state index is -0.841. The molecule has 0 atom stereocenters. The molecule has 3 heterocycles. The summed E-state index contributed by atoms with van der Waals surface area (Å²) in [6, 6.07) is 3.37. The maximum atomic E-state index is 15.0. The molecule has 1 aliphatic carbocycles. The third-order valence-electron chi connectivity index (χ3n) is 4.79. The Morgan fingerprint density at radius 3 is 2.74 bits per heavy atom. The van der Waals surface area contributed by atoms with Crippen LogP contribution in [0, 0.1) is 5.82 Å². The molecule has 8 nitrogen and oxygen atoms in total. The maximum Gasteiger partial charge on any atom is 0.354 e. The largest absolute Gasteiger partial charge is 0.494 e. The van der Waals surface area contributed by atoms with Crippen molar-refractivity contribution < 1.29 is 9.13 Å². The van der Waals surface area contributed by atoms with Crippen LogP contribution >= 0.6 is 0 Å². The van der Waals surface area contributed by atoms with Crippen LogP contribution in [0.2, 0.25) is 0 Å². The number of nitrogens with two attached hydrogens (primary N) is 2. The smallest absolute Gasteiger partial charge is 0.354 e. The third-order valence-corrected chi connectivity index (χ3v) is 4.79. The van der Waals surface area contributed by atoms with Crippen LogP contribution in [-0.2, 0) is 6.54 Å². The molecule has 0 amide bonds. The number of methoxy groups -OCH3 is 1. The SMILES string of the molecule is COc1c(-c2cc(CN)ccn2)c(F)cn2c(=O)n(N)c(=O)c(C3CC3)c12. The Bertz CT molecular complexity index is 1180. The van der Waals surface area contributed by atoms with Gasteiger partial charge in [0.25, 0.3) is 5.56 Å². The van der Waals surface area contributed by atoms with Crippen molar-refractivity contribution in [2.24, 2.45) is 5.73 Å². The van der Waals surface area contributed by atoms with Gasteiger partial charge in [0.05, 0.1) is 30.1 Å². The molecule has 1 fully saturated rings. The second kappa shape index (κ2) is 6.20. The van der Waals surface area contributed by atoms with Crippen molar-refractivity contribution in [3.8, 4) is 17.0 Å². The van der Waals surface area contributed by atoms with Crippen LogP contribution in [0.1, 0.15) is 29.9 Å². The molecule has 0 bridgehead atoms. The predicted molar refractivity (Wildman–Crippen MR) is 97.7 cm³/mol. The molecule has 0 spiro atoms. The summed E-state index contributed by atoms with van der Waals surface area (Å²) in [5, 5.41) is 0. The number of nitrogen functional groups attached to an aromatic ring is 1. The highest BCUT2D eigenvalue weighted by atomic mass is 19.1. The fourth-order valence-corrected chi connectivity index (χ4v) is 3.33. The number of hydrogen-bond acceptors (Lipinski definition) is 6. The first-order chi connectivity index (χ1) is 13.0. The zero-order valence-electron chi connectivity index (χ0n) is 14.6. The number of fused-ring (bicyclic) bond motifs is 1. The number of ether oxygens (including phenoxy) is 1. The standard InChI is InChI=1S/C18H18FN5O3/c1-27-16-14(12-6-9(7-20)4-5-22-12)11(19)8-23-15(16)13(10-2-3-10)17(25)24(21)18(23)26/h4-6,8,10H,2-3,7,20-21H2,1H3. The first-order valence-electron chi connectivity index (χ1n) is 8.46. The third kappa shape index (κ3) is 2.58. The Labute approximate surface area is 152 Å². The Morgan fingerprint density at radius 2 is 2.11 bits per heavy atom. The molecule has 0 aromatic carbocycles. The van der Waals surface area contributed by atoms with Crippen molar-refractivity contribution in [2.75, 3.05) is 13.0 Å². The number of halogens is 1. The van der Waals surface area contributed by atoms with Gasteiger partial charge in [0.1, 0.15) is 5.52 Å². The summed E-state index contributed by atoms with van der Waals surface area (Å²) in [5.41, 5.74) is 5.96. The quantitative estimate of drug-likeness (QED) is 0.653. The van der Waals surface area contributed by atoms with Gasteiger partial charge in [-0.2, -0.15) is 4.68 Å². The van der Waals surface area contributed by atoms with E-state index < -0.39 is 17.1 Å². The molecule has 1 aliphatic rings. The lowest BCUT2D eigenvalue weighted by molar-refractivity contribution is 0.414. The summed E-state index contributed by atoms with van der Waals surface area (Å²) in [6.45, 7) is 0.262. The average Bonchev–Trinajstić information content (AvgIpc) is 3.51. The van der Waals surface area contributed by atoms with E-state index >= 15 is 4.39 Å². The zero-order valence-corrected chi connectivity index (χ0v) is 14.6. The van der Waals surface area contributed by atoms with Gasteiger partial charge in [-0.1, -0.05) is 0 Å². The maximum absolute atomic E-state index is 15.0. The van der Waals surface area contributed by atoms with Gasteiger partial charge < -0.3 is 16.3 Å². The molecule has 1 saturated carbocycles. The van der Waals surface area contributed by atoms with Gasteiger partial charge in [-0.15, -0.1) is 0 Å². The van der Waals surface area contributed by atoms with Crippen LogP contribution in [0.25, 0.3) is 16.8 Å². The van der Waals surface area contributed by atoms with E-state index in [1.807, 2.05) is 0 Å². The van der Waals surface area contributed by atoms with Crippen molar-refractivity contribution >= 4 is 5.52 Å². The lowest BCUT2D eigenvalue weighted by atomic mass is 10.0. The molecule has 4 N–H and O–H groups in total. The number of rotatable bonds is 4. The Hall–Kier alpha value is -3.20. The summed E-state index contributed by atoms with van der Waals surface area (Å²) in [6.07, 6.45) is 4.12. The van der Waals surface area contributed by atoms with E-state index in [2.05, 4.69) is 4.98 Å². The molecule has 9 heteroatoms. The highest BCUT2D eigenvalue weighted by Crippen LogP contribution is 2.44.